The van der Waals surface area contributed by atoms with Crippen LogP contribution >= 0.6 is 0 Å². The fourth-order valence-corrected chi connectivity index (χ4v) is 4.47. The highest BCUT2D eigenvalue weighted by Crippen LogP contribution is 2.58. The van der Waals surface area contributed by atoms with E-state index in [-0.39, 0.29) is 0 Å². The van der Waals surface area contributed by atoms with Crippen LogP contribution in [0.1, 0.15) is 45.9 Å². The zero-order valence-electron chi connectivity index (χ0n) is 12.4. The molecule has 2 saturated carbocycles. The van der Waals surface area contributed by atoms with Crippen LogP contribution in [0.5, 0.6) is 0 Å². The summed E-state index contributed by atoms with van der Waals surface area (Å²) in [4.78, 5) is 0. The van der Waals surface area contributed by atoms with Gasteiger partial charge in [-0.25, -0.2) is 0 Å². The molecule has 4 nitrogen and oxygen atoms in total. The fourth-order valence-electron chi connectivity index (χ4n) is 4.47. The summed E-state index contributed by atoms with van der Waals surface area (Å²) in [6.07, 6.45) is 7.12. The third kappa shape index (κ3) is 2.10. The lowest BCUT2D eigenvalue weighted by molar-refractivity contribution is -0.0401. The molecule has 1 heterocycles. The lowest BCUT2D eigenvalue weighted by Gasteiger charge is -2.56. The van der Waals surface area contributed by atoms with Gasteiger partial charge in [-0.15, -0.1) is 10.2 Å². The molecule has 2 aliphatic rings. The highest BCUT2D eigenvalue weighted by Gasteiger charge is 2.57. The summed E-state index contributed by atoms with van der Waals surface area (Å²) < 4.78 is 2.13. The van der Waals surface area contributed by atoms with Crippen LogP contribution < -0.4 is 5.32 Å². The van der Waals surface area contributed by atoms with Crippen LogP contribution in [-0.2, 0) is 13.0 Å². The van der Waals surface area contributed by atoms with Gasteiger partial charge in [-0.05, 0) is 37.0 Å². The Hall–Kier alpha value is -0.900. The third-order valence-corrected chi connectivity index (χ3v) is 5.50. The number of nitrogens with one attached hydrogen (secondary N) is 1. The lowest BCUT2D eigenvalue weighted by Crippen LogP contribution is -2.62. The number of aromatic nitrogens is 3. The van der Waals surface area contributed by atoms with E-state index in [2.05, 4.69) is 40.9 Å². The van der Waals surface area contributed by atoms with Gasteiger partial charge < -0.3 is 9.88 Å². The fraction of sp³-hybridized carbons (Fsp3) is 0.867. The highest BCUT2D eigenvalue weighted by molar-refractivity contribution is 5.10. The van der Waals surface area contributed by atoms with Crippen LogP contribution in [-0.4, -0.2) is 27.4 Å². The van der Waals surface area contributed by atoms with Crippen molar-refractivity contribution in [3.8, 4) is 0 Å². The molecule has 1 aromatic rings. The molecule has 0 saturated heterocycles. The monoisotopic (exact) mass is 262 g/mol. The molecule has 1 unspecified atom stereocenters. The van der Waals surface area contributed by atoms with Crippen molar-refractivity contribution in [1.29, 1.82) is 0 Å². The number of nitrogens with zero attached hydrogens (tertiary/aromatic N) is 3. The minimum absolute atomic E-state index is 0.486. The summed E-state index contributed by atoms with van der Waals surface area (Å²) in [7, 11) is 0. The second-order valence-corrected chi connectivity index (χ2v) is 6.74. The van der Waals surface area contributed by atoms with Gasteiger partial charge in [0.2, 0.25) is 0 Å². The molecule has 2 aliphatic carbocycles. The number of hydrogen-bond acceptors (Lipinski definition) is 3. The maximum Gasteiger partial charge on any atom is 0.134 e. The normalized spacial score (nSPS) is 32.1. The van der Waals surface area contributed by atoms with Crippen molar-refractivity contribution in [2.75, 3.05) is 6.54 Å². The Morgan fingerprint density at radius 2 is 2.26 bits per heavy atom. The molecule has 3 atom stereocenters. The van der Waals surface area contributed by atoms with Gasteiger partial charge in [-0.3, -0.25) is 0 Å². The number of hydrogen-bond donors (Lipinski definition) is 1. The first kappa shape index (κ1) is 13.1. The molecule has 0 radical (unpaired) electrons. The van der Waals surface area contributed by atoms with Gasteiger partial charge in [-0.2, -0.15) is 0 Å². The summed E-state index contributed by atoms with van der Waals surface area (Å²) >= 11 is 0. The molecule has 106 valence electrons. The van der Waals surface area contributed by atoms with E-state index < -0.39 is 0 Å². The van der Waals surface area contributed by atoms with E-state index in [9.17, 15) is 0 Å². The Balaban J connectivity index is 1.53. The highest BCUT2D eigenvalue weighted by atomic mass is 15.3. The van der Waals surface area contributed by atoms with E-state index in [4.69, 9.17) is 0 Å². The molecule has 0 spiro atoms. The predicted molar refractivity (Wildman–Crippen MR) is 75.8 cm³/mol. The Morgan fingerprint density at radius 3 is 3.05 bits per heavy atom. The van der Waals surface area contributed by atoms with Gasteiger partial charge in [0, 0.05) is 25.6 Å². The van der Waals surface area contributed by atoms with Crippen LogP contribution in [0.15, 0.2) is 6.33 Å². The van der Waals surface area contributed by atoms with Gasteiger partial charge in [-0.1, -0.05) is 20.3 Å². The van der Waals surface area contributed by atoms with Crippen LogP contribution in [0.2, 0.25) is 0 Å². The SMILES string of the molecule is CCn1cnnc1CCNC1[C@@H]2CCC[C@@H]2C1(C)C. The lowest BCUT2D eigenvalue weighted by atomic mass is 9.53. The second kappa shape index (κ2) is 4.89. The van der Waals surface area contributed by atoms with E-state index in [1.807, 2.05) is 6.33 Å². The first-order valence-electron chi connectivity index (χ1n) is 7.74. The third-order valence-electron chi connectivity index (χ3n) is 5.50. The molecule has 3 rings (SSSR count). The van der Waals surface area contributed by atoms with Gasteiger partial charge >= 0.3 is 0 Å². The number of fused-ring (bicyclic) bond motifs is 1. The average molecular weight is 262 g/mol. The van der Waals surface area contributed by atoms with Crippen LogP contribution in [0.3, 0.4) is 0 Å². The summed E-state index contributed by atoms with van der Waals surface area (Å²) in [5.41, 5.74) is 0.486. The molecule has 1 N–H and O–H groups in total. The molecule has 0 aromatic carbocycles. The summed E-state index contributed by atoms with van der Waals surface area (Å²) in [6, 6.07) is 0.706. The smallest absolute Gasteiger partial charge is 0.134 e. The zero-order valence-corrected chi connectivity index (χ0v) is 12.4. The molecule has 1 aromatic heterocycles. The van der Waals surface area contributed by atoms with E-state index in [0.717, 1.165) is 37.2 Å². The molecule has 0 amide bonds. The van der Waals surface area contributed by atoms with Gasteiger partial charge in [0.25, 0.3) is 0 Å². The van der Waals surface area contributed by atoms with E-state index in [1.165, 1.54) is 19.3 Å². The van der Waals surface area contributed by atoms with Crippen LogP contribution in [0, 0.1) is 17.3 Å². The van der Waals surface area contributed by atoms with Crippen molar-refractivity contribution >= 4 is 0 Å². The summed E-state index contributed by atoms with van der Waals surface area (Å²) in [5.74, 6) is 3.00. The number of rotatable bonds is 5. The Morgan fingerprint density at radius 1 is 1.42 bits per heavy atom. The van der Waals surface area contributed by atoms with Gasteiger partial charge in [0.1, 0.15) is 12.2 Å². The second-order valence-electron chi connectivity index (χ2n) is 6.74. The summed E-state index contributed by atoms with van der Waals surface area (Å²) in [5, 5.41) is 12.0. The Kier molecular flexibility index (Phi) is 3.37. The molecule has 0 bridgehead atoms. The van der Waals surface area contributed by atoms with E-state index >= 15 is 0 Å². The van der Waals surface area contributed by atoms with Crippen molar-refractivity contribution in [3.05, 3.63) is 12.2 Å². The zero-order chi connectivity index (χ0) is 13.5. The molecule has 4 heteroatoms. The van der Waals surface area contributed by atoms with Crippen molar-refractivity contribution in [2.24, 2.45) is 17.3 Å². The molecule has 19 heavy (non-hydrogen) atoms. The standard InChI is InChI=1S/C15H26N4/c1-4-19-10-17-18-13(19)8-9-16-14-11-6-5-7-12(11)15(14,2)3/h10-12,14,16H,4-9H2,1-3H3/t11-,12+,14?/m1/s1. The largest absolute Gasteiger partial charge is 0.318 e. The first-order valence-corrected chi connectivity index (χ1v) is 7.74. The van der Waals surface area contributed by atoms with Crippen molar-refractivity contribution < 1.29 is 0 Å². The Bertz CT molecular complexity index is 437. The molecule has 0 aliphatic heterocycles. The predicted octanol–water partition coefficient (Wildman–Crippen LogP) is 2.25. The maximum atomic E-state index is 4.20. The van der Waals surface area contributed by atoms with Gasteiger partial charge in [0.15, 0.2) is 0 Å². The van der Waals surface area contributed by atoms with Gasteiger partial charge in [0.05, 0.1) is 0 Å². The number of aryl methyl sites for hydroxylation is 1. The molecule has 2 fully saturated rings. The van der Waals surface area contributed by atoms with E-state index in [1.54, 1.807) is 0 Å². The van der Waals surface area contributed by atoms with Crippen molar-refractivity contribution in [1.82, 2.24) is 20.1 Å². The summed E-state index contributed by atoms with van der Waals surface area (Å²) in [6.45, 7) is 8.99. The maximum absolute atomic E-state index is 4.20. The van der Waals surface area contributed by atoms with Crippen LogP contribution in [0.4, 0.5) is 0 Å². The molecular weight excluding hydrogens is 236 g/mol. The van der Waals surface area contributed by atoms with Crippen molar-refractivity contribution in [2.45, 2.75) is 59.0 Å². The quantitative estimate of drug-likeness (QED) is 0.885. The van der Waals surface area contributed by atoms with Crippen molar-refractivity contribution in [3.63, 3.8) is 0 Å². The first-order chi connectivity index (χ1) is 9.14. The minimum atomic E-state index is 0.486. The van der Waals surface area contributed by atoms with Crippen LogP contribution in [0.25, 0.3) is 0 Å². The Labute approximate surface area is 116 Å². The van der Waals surface area contributed by atoms with E-state index in [0.29, 0.717) is 11.5 Å². The molecular formula is C15H26N4. The minimum Gasteiger partial charge on any atom is -0.318 e. The topological polar surface area (TPSA) is 42.7 Å². The average Bonchev–Trinajstić information content (AvgIpc) is 3.01.